The Hall–Kier alpha value is -4.22. The van der Waals surface area contributed by atoms with Crippen LogP contribution in [0, 0.1) is 0 Å². The van der Waals surface area contributed by atoms with Gasteiger partial charge >= 0.3 is 16.1 Å². The average molecular weight is 552 g/mol. The molecule has 39 heavy (non-hydrogen) atoms. The molecular formula is C28H29N3O7S. The quantitative estimate of drug-likeness (QED) is 0.193. The summed E-state index contributed by atoms with van der Waals surface area (Å²) >= 11 is 0. The molecule has 0 saturated heterocycles. The van der Waals surface area contributed by atoms with Crippen molar-refractivity contribution in [1.82, 2.24) is 9.55 Å². The van der Waals surface area contributed by atoms with Gasteiger partial charge in [-0.2, -0.15) is 8.42 Å². The molecule has 2 aromatic carbocycles. The maximum Gasteiger partial charge on any atom is 0.340 e. The molecule has 0 bridgehead atoms. The normalized spacial score (nSPS) is 15.0. The van der Waals surface area contributed by atoms with Crippen LogP contribution in [0.5, 0.6) is 5.75 Å². The standard InChI is InChI=1S/C24H17N3O7S.2C2H6/c25-20-15-8-12-10-27-18(9-14-16(23(27)29)11-33-24(30)22(14)28)21(12)26-17(15)6-7-19(20)34-35(31,32)13-4-2-1-3-5-13;2*1-2/h1-9,22,28H,10-11,25H2;2*1-2H3/t22-;;/m0../s1. The number of aliphatic hydroxyl groups excluding tert-OH is 1. The van der Waals surface area contributed by atoms with Gasteiger partial charge in [-0.15, -0.1) is 0 Å². The molecule has 0 spiro atoms. The lowest BCUT2D eigenvalue weighted by molar-refractivity contribution is -0.157. The van der Waals surface area contributed by atoms with Crippen LogP contribution in [0.15, 0.2) is 64.3 Å². The Kier molecular flexibility index (Phi) is 7.75. The molecule has 3 N–H and O–H groups in total. The topological polar surface area (TPSA) is 151 Å². The number of cyclic esters (lactones) is 1. The fourth-order valence-corrected chi connectivity index (χ4v) is 5.40. The van der Waals surface area contributed by atoms with E-state index in [0.29, 0.717) is 27.9 Å². The molecule has 0 unspecified atom stereocenters. The summed E-state index contributed by atoms with van der Waals surface area (Å²) in [5.41, 5.74) is 8.53. The van der Waals surface area contributed by atoms with E-state index < -0.39 is 22.2 Å². The lowest BCUT2D eigenvalue weighted by atomic mass is 10.0. The molecule has 0 aliphatic carbocycles. The van der Waals surface area contributed by atoms with E-state index in [0.717, 1.165) is 0 Å². The minimum atomic E-state index is -4.09. The van der Waals surface area contributed by atoms with Crippen LogP contribution in [0.4, 0.5) is 5.69 Å². The number of esters is 1. The number of carbonyl (C=O) groups excluding carboxylic acids is 1. The van der Waals surface area contributed by atoms with Gasteiger partial charge in [0.05, 0.1) is 34.7 Å². The number of hydrogen-bond acceptors (Lipinski definition) is 9. The van der Waals surface area contributed by atoms with E-state index in [1.54, 1.807) is 36.4 Å². The molecule has 4 heterocycles. The lowest BCUT2D eigenvalue weighted by Gasteiger charge is -2.21. The first kappa shape index (κ1) is 27.8. The zero-order valence-corrected chi connectivity index (χ0v) is 22.8. The highest BCUT2D eigenvalue weighted by molar-refractivity contribution is 7.87. The zero-order valence-electron chi connectivity index (χ0n) is 22.0. The maximum atomic E-state index is 13.1. The van der Waals surface area contributed by atoms with Crippen LogP contribution in [-0.4, -0.2) is 29.0 Å². The van der Waals surface area contributed by atoms with Crippen LogP contribution < -0.4 is 15.5 Å². The van der Waals surface area contributed by atoms with E-state index in [9.17, 15) is 23.1 Å². The van der Waals surface area contributed by atoms with Gasteiger partial charge in [0.2, 0.25) is 0 Å². The van der Waals surface area contributed by atoms with Crippen molar-refractivity contribution < 1.29 is 27.2 Å². The molecule has 204 valence electrons. The molecule has 2 aromatic heterocycles. The number of carbonyl (C=O) groups is 1. The zero-order chi connectivity index (χ0) is 28.5. The summed E-state index contributed by atoms with van der Waals surface area (Å²) in [5.74, 6) is -0.845. The molecule has 6 rings (SSSR count). The molecule has 2 aliphatic heterocycles. The van der Waals surface area contributed by atoms with Crippen molar-refractivity contribution in [2.45, 2.75) is 51.8 Å². The van der Waals surface area contributed by atoms with Crippen LogP contribution in [0.3, 0.4) is 0 Å². The molecule has 0 fully saturated rings. The van der Waals surface area contributed by atoms with Gasteiger partial charge in [0.25, 0.3) is 5.56 Å². The number of nitrogens with zero attached hydrogens (tertiary/aromatic N) is 2. The van der Waals surface area contributed by atoms with Crippen LogP contribution in [-0.2, 0) is 32.8 Å². The summed E-state index contributed by atoms with van der Waals surface area (Å²) in [6.45, 7) is 7.98. The van der Waals surface area contributed by atoms with E-state index in [4.69, 9.17) is 14.7 Å². The molecule has 1 atom stereocenters. The first-order chi connectivity index (χ1) is 18.7. The smallest absolute Gasteiger partial charge is 0.340 e. The Balaban J connectivity index is 0.000000845. The predicted octanol–water partition coefficient (Wildman–Crippen LogP) is 3.92. The number of rotatable bonds is 3. The second kappa shape index (κ2) is 10.9. The van der Waals surface area contributed by atoms with E-state index in [1.165, 1.54) is 22.8 Å². The number of pyridine rings is 2. The van der Waals surface area contributed by atoms with Crippen LogP contribution >= 0.6 is 0 Å². The van der Waals surface area contributed by atoms with Crippen molar-refractivity contribution >= 4 is 32.7 Å². The minimum absolute atomic E-state index is 0.00462. The van der Waals surface area contributed by atoms with Crippen molar-refractivity contribution in [2.24, 2.45) is 0 Å². The molecule has 0 radical (unpaired) electrons. The average Bonchev–Trinajstić information content (AvgIpc) is 3.32. The molecule has 11 heteroatoms. The summed E-state index contributed by atoms with van der Waals surface area (Å²) < 4.78 is 37.0. The second-order valence-electron chi connectivity index (χ2n) is 8.26. The third kappa shape index (κ3) is 4.75. The van der Waals surface area contributed by atoms with Gasteiger partial charge in [0.1, 0.15) is 11.5 Å². The number of nitrogen functional groups attached to an aromatic ring is 1. The van der Waals surface area contributed by atoms with E-state index >= 15 is 0 Å². The number of aromatic nitrogens is 2. The van der Waals surface area contributed by atoms with Crippen molar-refractivity contribution in [3.8, 4) is 17.1 Å². The van der Waals surface area contributed by atoms with Crippen molar-refractivity contribution in [1.29, 1.82) is 0 Å². The second-order valence-corrected chi connectivity index (χ2v) is 9.80. The highest BCUT2D eigenvalue weighted by Crippen LogP contribution is 2.38. The summed E-state index contributed by atoms with van der Waals surface area (Å²) in [7, 11) is -4.09. The Bertz CT molecular complexity index is 1730. The predicted molar refractivity (Wildman–Crippen MR) is 147 cm³/mol. The van der Waals surface area contributed by atoms with Crippen molar-refractivity contribution in [3.05, 3.63) is 81.6 Å². The lowest BCUT2D eigenvalue weighted by Crippen LogP contribution is -2.32. The Morgan fingerprint density at radius 2 is 1.74 bits per heavy atom. The van der Waals surface area contributed by atoms with Crippen molar-refractivity contribution in [2.75, 3.05) is 5.73 Å². The Morgan fingerprint density at radius 3 is 2.44 bits per heavy atom. The number of fused-ring (bicyclic) bond motifs is 5. The fraction of sp³-hybridized carbons (Fsp3) is 0.250. The number of nitrogens with two attached hydrogens (primary N) is 1. The van der Waals surface area contributed by atoms with Gasteiger partial charge in [0, 0.05) is 16.5 Å². The van der Waals surface area contributed by atoms with Crippen LogP contribution in [0.2, 0.25) is 0 Å². The highest BCUT2D eigenvalue weighted by Gasteiger charge is 2.34. The van der Waals surface area contributed by atoms with Gasteiger partial charge in [-0.05, 0) is 36.4 Å². The summed E-state index contributed by atoms with van der Waals surface area (Å²) in [6.07, 6.45) is -1.54. The fourth-order valence-electron chi connectivity index (χ4n) is 4.43. The number of aliphatic hydroxyl groups is 1. The minimum Gasteiger partial charge on any atom is -0.458 e. The van der Waals surface area contributed by atoms with E-state index in [-0.39, 0.29) is 46.2 Å². The van der Waals surface area contributed by atoms with Crippen molar-refractivity contribution in [3.63, 3.8) is 0 Å². The SMILES string of the molecule is CC.CC.Nc1c(OS(=O)(=O)c2ccccc2)ccc2nc3c(cc12)Cn1c-3cc2c(c1=O)COC(=O)[C@H]2O. The molecule has 2 aliphatic rings. The number of ether oxygens (including phenoxy) is 1. The largest absolute Gasteiger partial charge is 0.458 e. The van der Waals surface area contributed by atoms with Crippen LogP contribution in [0.1, 0.15) is 50.5 Å². The monoisotopic (exact) mass is 551 g/mol. The third-order valence-corrected chi connectivity index (χ3v) is 7.44. The highest BCUT2D eigenvalue weighted by atomic mass is 32.2. The molecule has 0 amide bonds. The van der Waals surface area contributed by atoms with Gasteiger partial charge in [0.15, 0.2) is 11.9 Å². The van der Waals surface area contributed by atoms with Gasteiger partial charge in [-0.3, -0.25) is 4.79 Å². The van der Waals surface area contributed by atoms with E-state index in [1.807, 2.05) is 27.7 Å². The summed E-state index contributed by atoms with van der Waals surface area (Å²) in [6, 6.07) is 14.0. The van der Waals surface area contributed by atoms with Gasteiger partial charge in [-0.1, -0.05) is 45.9 Å². The molecule has 10 nitrogen and oxygen atoms in total. The summed E-state index contributed by atoms with van der Waals surface area (Å²) in [4.78, 5) is 29.5. The first-order valence-corrected chi connectivity index (χ1v) is 14.0. The van der Waals surface area contributed by atoms with Gasteiger partial charge in [-0.25, -0.2) is 9.78 Å². The first-order valence-electron chi connectivity index (χ1n) is 12.6. The maximum absolute atomic E-state index is 13.1. The number of anilines is 1. The summed E-state index contributed by atoms with van der Waals surface area (Å²) in [5, 5.41) is 10.7. The third-order valence-electron chi connectivity index (χ3n) is 6.19. The van der Waals surface area contributed by atoms with Gasteiger partial charge < -0.3 is 24.3 Å². The number of benzene rings is 2. The molecule has 4 aromatic rings. The Labute approximate surface area is 225 Å². The number of hydrogen-bond donors (Lipinski definition) is 2. The van der Waals surface area contributed by atoms with E-state index in [2.05, 4.69) is 4.98 Å². The Morgan fingerprint density at radius 1 is 1.05 bits per heavy atom. The molecule has 0 saturated carbocycles. The van der Waals surface area contributed by atoms with Crippen LogP contribution in [0.25, 0.3) is 22.3 Å². The molecular weight excluding hydrogens is 522 g/mol.